The number of anilines is 2. The quantitative estimate of drug-likeness (QED) is 0.192. The molecule has 18 heteroatoms. The van der Waals surface area contributed by atoms with Gasteiger partial charge in [-0.25, -0.2) is 0 Å². The zero-order chi connectivity index (χ0) is 39.3. The molecule has 0 unspecified atom stereocenters. The number of piperidine rings is 1. The van der Waals surface area contributed by atoms with Crippen LogP contribution in [0.2, 0.25) is 0 Å². The summed E-state index contributed by atoms with van der Waals surface area (Å²) >= 11 is 0. The normalized spacial score (nSPS) is 18.4. The molecule has 2 aliphatic rings. The maximum atomic E-state index is 14.7. The van der Waals surface area contributed by atoms with Crippen molar-refractivity contribution in [3.05, 3.63) is 63.2 Å². The van der Waals surface area contributed by atoms with E-state index in [1.807, 2.05) is 0 Å². The average molecular weight is 764 g/mol. The van der Waals surface area contributed by atoms with Crippen molar-refractivity contribution in [1.82, 2.24) is 25.5 Å². The van der Waals surface area contributed by atoms with Gasteiger partial charge in [0, 0.05) is 25.3 Å². The fraction of sp³-hybridized carbons (Fsp3) is 0.600. The molecule has 3 heterocycles. The van der Waals surface area contributed by atoms with Gasteiger partial charge in [0.15, 0.2) is 0 Å². The number of carbonyl (C=O) groups excluding carboxylic acids is 1. The molecule has 292 valence electrons. The lowest BCUT2D eigenvalue weighted by Gasteiger charge is -2.42. The standard InChI is InChI=1S/C35H42F9N7O2/c1-20-14-25-26(51(30-46-48-49(6)47-30)18-22-15-23(33(36,37)38)17-24(16-22)34(39,40)41)8-7-13-50(28(25)21(2)27(20)35(42,43)44)19-32(9-11-45-12-10-32)29(52)53-31(3,4)5/h14-17,26,45H,7-13,18-19H2,1-6H3/t26-/m0/s1. The van der Waals surface area contributed by atoms with Gasteiger partial charge in [-0.2, -0.15) is 44.3 Å². The Morgan fingerprint density at radius 2 is 1.55 bits per heavy atom. The molecule has 0 aliphatic carbocycles. The van der Waals surface area contributed by atoms with E-state index in [9.17, 15) is 44.3 Å². The number of tetrazole rings is 1. The number of ether oxygens (including phenoxy) is 1. The lowest BCUT2D eigenvalue weighted by molar-refractivity contribution is -0.169. The molecular formula is C35H42F9N7O2. The summed E-state index contributed by atoms with van der Waals surface area (Å²) in [5.41, 5.74) is -5.98. The van der Waals surface area contributed by atoms with Crippen molar-refractivity contribution in [1.29, 1.82) is 0 Å². The molecule has 9 nitrogen and oxygen atoms in total. The third-order valence-electron chi connectivity index (χ3n) is 9.65. The second-order valence-electron chi connectivity index (χ2n) is 14.9. The number of hydrogen-bond acceptors (Lipinski definition) is 8. The summed E-state index contributed by atoms with van der Waals surface area (Å²) in [4.78, 5) is 18.1. The molecule has 1 fully saturated rings. The lowest BCUT2D eigenvalue weighted by atomic mass is 9.77. The largest absolute Gasteiger partial charge is 0.459 e. The highest BCUT2D eigenvalue weighted by atomic mass is 19.4. The summed E-state index contributed by atoms with van der Waals surface area (Å²) in [7, 11) is 1.42. The molecular weight excluding hydrogens is 721 g/mol. The molecule has 1 aromatic heterocycles. The number of aryl methyl sites for hydroxylation is 2. The van der Waals surface area contributed by atoms with Crippen molar-refractivity contribution >= 4 is 17.6 Å². The number of benzene rings is 2. The van der Waals surface area contributed by atoms with Crippen LogP contribution in [0.1, 0.15) is 91.4 Å². The topological polar surface area (TPSA) is 88.4 Å². The number of alkyl halides is 9. The summed E-state index contributed by atoms with van der Waals surface area (Å²) in [6, 6.07) is 1.65. The number of aromatic nitrogens is 4. The van der Waals surface area contributed by atoms with Crippen LogP contribution in [0.25, 0.3) is 0 Å². The van der Waals surface area contributed by atoms with Gasteiger partial charge in [-0.05, 0) is 119 Å². The minimum atomic E-state index is -5.11. The number of carbonyl (C=O) groups is 1. The van der Waals surface area contributed by atoms with Gasteiger partial charge in [-0.15, -0.1) is 5.10 Å². The number of nitrogens with one attached hydrogen (secondary N) is 1. The van der Waals surface area contributed by atoms with Crippen molar-refractivity contribution in [2.75, 3.05) is 36.0 Å². The number of hydrogen-bond donors (Lipinski definition) is 1. The van der Waals surface area contributed by atoms with E-state index < -0.39 is 64.8 Å². The smallest absolute Gasteiger partial charge is 0.416 e. The van der Waals surface area contributed by atoms with Crippen LogP contribution in [0.5, 0.6) is 0 Å². The Bertz CT molecular complexity index is 1770. The third-order valence-corrected chi connectivity index (χ3v) is 9.65. The highest BCUT2D eigenvalue weighted by molar-refractivity contribution is 5.79. The van der Waals surface area contributed by atoms with Gasteiger partial charge in [0.1, 0.15) is 5.60 Å². The fourth-order valence-electron chi connectivity index (χ4n) is 7.44. The molecule has 0 radical (unpaired) electrons. The van der Waals surface area contributed by atoms with Gasteiger partial charge in [-0.1, -0.05) is 11.2 Å². The van der Waals surface area contributed by atoms with Crippen molar-refractivity contribution < 1.29 is 49.0 Å². The molecule has 0 spiro atoms. The number of rotatable bonds is 7. The van der Waals surface area contributed by atoms with Crippen LogP contribution in [0, 0.1) is 19.3 Å². The van der Waals surface area contributed by atoms with Gasteiger partial charge >= 0.3 is 24.5 Å². The van der Waals surface area contributed by atoms with E-state index in [4.69, 9.17) is 4.74 Å². The minimum absolute atomic E-state index is 0.0104. The maximum absolute atomic E-state index is 14.7. The van der Waals surface area contributed by atoms with E-state index in [1.54, 1.807) is 25.7 Å². The zero-order valence-electron chi connectivity index (χ0n) is 30.2. The van der Waals surface area contributed by atoms with Crippen LogP contribution < -0.4 is 15.1 Å². The molecule has 0 bridgehead atoms. The van der Waals surface area contributed by atoms with Crippen molar-refractivity contribution in [3.63, 3.8) is 0 Å². The molecule has 1 saturated heterocycles. The predicted molar refractivity (Wildman–Crippen MR) is 177 cm³/mol. The van der Waals surface area contributed by atoms with Crippen molar-refractivity contribution in [2.24, 2.45) is 12.5 Å². The Labute approximate surface area is 300 Å². The Morgan fingerprint density at radius 3 is 2.06 bits per heavy atom. The van der Waals surface area contributed by atoms with Gasteiger partial charge in [0.2, 0.25) is 0 Å². The van der Waals surface area contributed by atoms with Gasteiger partial charge < -0.3 is 19.9 Å². The number of halogens is 9. The molecule has 0 amide bonds. The Morgan fingerprint density at radius 1 is 0.943 bits per heavy atom. The van der Waals surface area contributed by atoms with Crippen molar-refractivity contribution in [2.45, 2.75) is 97.0 Å². The monoisotopic (exact) mass is 763 g/mol. The Balaban J connectivity index is 1.70. The first-order chi connectivity index (χ1) is 24.4. The third kappa shape index (κ3) is 8.83. The molecule has 0 saturated carbocycles. The summed E-state index contributed by atoms with van der Waals surface area (Å²) in [5, 5.41) is 15.3. The van der Waals surface area contributed by atoms with Gasteiger partial charge in [-0.3, -0.25) is 4.79 Å². The van der Waals surface area contributed by atoms with Crippen LogP contribution in [0.15, 0.2) is 24.3 Å². The fourth-order valence-corrected chi connectivity index (χ4v) is 7.44. The van der Waals surface area contributed by atoms with Crippen LogP contribution in [0.3, 0.4) is 0 Å². The van der Waals surface area contributed by atoms with E-state index in [2.05, 4.69) is 20.7 Å². The summed E-state index contributed by atoms with van der Waals surface area (Å²) < 4.78 is 133. The van der Waals surface area contributed by atoms with Crippen LogP contribution in [-0.2, 0) is 41.7 Å². The second kappa shape index (κ2) is 14.3. The predicted octanol–water partition coefficient (Wildman–Crippen LogP) is 7.94. The number of nitrogens with zero attached hydrogens (tertiary/aromatic N) is 6. The summed E-state index contributed by atoms with van der Waals surface area (Å²) in [6.45, 7) is 8.36. The van der Waals surface area contributed by atoms with E-state index in [-0.39, 0.29) is 53.9 Å². The molecule has 2 aromatic carbocycles. The average Bonchev–Trinajstić information content (AvgIpc) is 3.37. The molecule has 1 atom stereocenters. The highest BCUT2D eigenvalue weighted by Gasteiger charge is 2.47. The first-order valence-electron chi connectivity index (χ1n) is 17.1. The number of fused-ring (bicyclic) bond motifs is 1. The van der Waals surface area contributed by atoms with Gasteiger partial charge in [0.05, 0.1) is 35.2 Å². The van der Waals surface area contributed by atoms with Crippen molar-refractivity contribution in [3.8, 4) is 0 Å². The zero-order valence-corrected chi connectivity index (χ0v) is 30.2. The second-order valence-corrected chi connectivity index (χ2v) is 14.9. The SMILES string of the molecule is Cc1cc2c(c(C)c1C(F)(F)F)N(CC1(C(=O)OC(C)(C)C)CCNCC1)CCC[C@@H]2N(Cc1cc(C(F)(F)F)cc(C(F)(F)F)c1)c1nnn(C)n1. The molecule has 1 N–H and O–H groups in total. The minimum Gasteiger partial charge on any atom is -0.459 e. The Kier molecular flexibility index (Phi) is 10.8. The molecule has 2 aliphatic heterocycles. The van der Waals surface area contributed by atoms with E-state index in [0.717, 1.165) is 4.80 Å². The van der Waals surface area contributed by atoms with Crippen LogP contribution in [0.4, 0.5) is 51.1 Å². The summed E-state index contributed by atoms with van der Waals surface area (Å²) in [6.07, 6.45) is -13.8. The summed E-state index contributed by atoms with van der Waals surface area (Å²) in [5.74, 6) is -0.633. The lowest BCUT2D eigenvalue weighted by Crippen LogP contribution is -2.52. The van der Waals surface area contributed by atoms with E-state index >= 15 is 0 Å². The van der Waals surface area contributed by atoms with Crippen LogP contribution >= 0.6 is 0 Å². The molecule has 5 rings (SSSR count). The van der Waals surface area contributed by atoms with E-state index in [0.29, 0.717) is 50.0 Å². The molecule has 53 heavy (non-hydrogen) atoms. The molecule has 3 aromatic rings. The number of esters is 1. The van der Waals surface area contributed by atoms with E-state index in [1.165, 1.54) is 31.9 Å². The first kappa shape index (κ1) is 40.1. The highest BCUT2D eigenvalue weighted by Crippen LogP contribution is 2.48. The van der Waals surface area contributed by atoms with Crippen LogP contribution in [-0.4, -0.2) is 58.0 Å². The van der Waals surface area contributed by atoms with Gasteiger partial charge in [0.25, 0.3) is 5.95 Å². The first-order valence-corrected chi connectivity index (χ1v) is 17.1. The Hall–Kier alpha value is -4.09. The maximum Gasteiger partial charge on any atom is 0.416 e.